The van der Waals surface area contributed by atoms with Crippen molar-refractivity contribution in [1.82, 2.24) is 4.98 Å². The van der Waals surface area contributed by atoms with E-state index >= 15 is 0 Å². The average Bonchev–Trinajstić information content (AvgIpc) is 2.81. The van der Waals surface area contributed by atoms with Crippen molar-refractivity contribution in [2.24, 2.45) is 0 Å². The molecule has 96 valence electrons. The van der Waals surface area contributed by atoms with Gasteiger partial charge in [0.25, 0.3) is 0 Å². The quantitative estimate of drug-likeness (QED) is 0.856. The molecular weight excluding hydrogens is 316 g/mol. The van der Waals surface area contributed by atoms with Gasteiger partial charge in [-0.1, -0.05) is 0 Å². The summed E-state index contributed by atoms with van der Waals surface area (Å²) in [6, 6.07) is 7.80. The summed E-state index contributed by atoms with van der Waals surface area (Å²) in [4.78, 5) is 5.38. The van der Waals surface area contributed by atoms with Crippen LogP contribution >= 0.6 is 27.3 Å². The highest BCUT2D eigenvalue weighted by Crippen LogP contribution is 2.23. The molecule has 6 heteroatoms. The van der Waals surface area contributed by atoms with Crippen LogP contribution in [0.25, 0.3) is 0 Å². The molecule has 0 radical (unpaired) electrons. The highest BCUT2D eigenvalue weighted by atomic mass is 79.9. The molecule has 0 bridgehead atoms. The lowest BCUT2D eigenvalue weighted by Crippen LogP contribution is -2.03. The first-order valence-electron chi connectivity index (χ1n) is 5.46. The molecule has 2 heterocycles. The Bertz CT molecular complexity index is 487. The van der Waals surface area contributed by atoms with Crippen LogP contribution in [0.15, 0.2) is 34.2 Å². The summed E-state index contributed by atoms with van der Waals surface area (Å²) < 4.78 is 6.31. The summed E-state index contributed by atoms with van der Waals surface area (Å²) in [6.07, 6.45) is 1.72. The predicted molar refractivity (Wildman–Crippen MR) is 76.2 cm³/mol. The van der Waals surface area contributed by atoms with Crippen molar-refractivity contribution in [2.75, 3.05) is 18.5 Å². The molecule has 4 nitrogen and oxygen atoms in total. The zero-order chi connectivity index (χ0) is 12.8. The van der Waals surface area contributed by atoms with E-state index in [1.54, 1.807) is 23.6 Å². The van der Waals surface area contributed by atoms with Gasteiger partial charge in [-0.3, -0.25) is 0 Å². The highest BCUT2D eigenvalue weighted by Gasteiger charge is 1.99. The van der Waals surface area contributed by atoms with Crippen LogP contribution < -0.4 is 10.1 Å². The van der Waals surface area contributed by atoms with Crippen molar-refractivity contribution in [3.05, 3.63) is 39.1 Å². The Balaban J connectivity index is 1.86. The number of hydrogen-bond donors (Lipinski definition) is 2. The lowest BCUT2D eigenvalue weighted by Gasteiger charge is -2.06. The van der Waals surface area contributed by atoms with Crippen LogP contribution in [0.1, 0.15) is 4.88 Å². The molecule has 0 amide bonds. The first-order valence-corrected chi connectivity index (χ1v) is 7.06. The zero-order valence-corrected chi connectivity index (χ0v) is 12.0. The number of aliphatic hydroxyl groups excluding tert-OH is 1. The van der Waals surface area contributed by atoms with E-state index in [1.807, 2.05) is 12.1 Å². The Kier molecular flexibility index (Phi) is 4.98. The topological polar surface area (TPSA) is 54.4 Å². The molecule has 0 saturated carbocycles. The third kappa shape index (κ3) is 3.97. The fourth-order valence-corrected chi connectivity index (χ4v) is 2.78. The van der Waals surface area contributed by atoms with Gasteiger partial charge in [0.05, 0.1) is 22.3 Å². The Morgan fingerprint density at radius 2 is 2.22 bits per heavy atom. The molecule has 0 saturated heterocycles. The molecule has 0 aliphatic carbocycles. The van der Waals surface area contributed by atoms with Crippen molar-refractivity contribution in [2.45, 2.75) is 6.54 Å². The van der Waals surface area contributed by atoms with E-state index in [0.29, 0.717) is 5.88 Å². The van der Waals surface area contributed by atoms with Crippen LogP contribution in [0, 0.1) is 0 Å². The molecule has 2 rings (SSSR count). The summed E-state index contributed by atoms with van der Waals surface area (Å²) in [5.74, 6) is 0.522. The Morgan fingerprint density at radius 1 is 1.33 bits per heavy atom. The molecule has 0 aliphatic rings. The summed E-state index contributed by atoms with van der Waals surface area (Å²) in [6.45, 7) is 1.03. The van der Waals surface area contributed by atoms with E-state index in [2.05, 4.69) is 32.3 Å². The van der Waals surface area contributed by atoms with Crippen molar-refractivity contribution in [1.29, 1.82) is 0 Å². The van der Waals surface area contributed by atoms with Crippen LogP contribution in [0.3, 0.4) is 0 Å². The number of thiophene rings is 1. The van der Waals surface area contributed by atoms with E-state index in [4.69, 9.17) is 9.84 Å². The minimum absolute atomic E-state index is 0.00502. The van der Waals surface area contributed by atoms with Crippen LogP contribution in [-0.2, 0) is 6.54 Å². The number of nitrogens with one attached hydrogen (secondary N) is 1. The Labute approximate surface area is 118 Å². The van der Waals surface area contributed by atoms with Crippen LogP contribution in [0.2, 0.25) is 0 Å². The first kappa shape index (κ1) is 13.3. The van der Waals surface area contributed by atoms with Crippen molar-refractivity contribution in [3.63, 3.8) is 0 Å². The standard InChI is InChI=1S/C12H13BrN2O2S/c13-11-3-2-10(18-11)8-14-9-1-4-12(15-7-9)17-6-5-16/h1-4,7,14,16H,5-6,8H2. The number of hydrogen-bond acceptors (Lipinski definition) is 5. The van der Waals surface area contributed by atoms with E-state index in [1.165, 1.54) is 4.88 Å². The largest absolute Gasteiger partial charge is 0.475 e. The normalized spacial score (nSPS) is 10.3. The maximum Gasteiger partial charge on any atom is 0.213 e. The second kappa shape index (κ2) is 6.72. The lowest BCUT2D eigenvalue weighted by molar-refractivity contribution is 0.196. The van der Waals surface area contributed by atoms with Gasteiger partial charge in [0.2, 0.25) is 5.88 Å². The number of halogens is 1. The number of anilines is 1. The third-order valence-electron chi connectivity index (χ3n) is 2.17. The summed E-state index contributed by atoms with van der Waals surface area (Å²) in [5.41, 5.74) is 0.941. The monoisotopic (exact) mass is 328 g/mol. The SMILES string of the molecule is OCCOc1ccc(NCc2ccc(Br)s2)cn1. The van der Waals surface area contributed by atoms with E-state index < -0.39 is 0 Å². The molecule has 2 aromatic heterocycles. The maximum atomic E-state index is 8.63. The first-order chi connectivity index (χ1) is 8.78. The number of aliphatic hydroxyl groups is 1. The van der Waals surface area contributed by atoms with E-state index in [9.17, 15) is 0 Å². The summed E-state index contributed by atoms with van der Waals surface area (Å²) in [7, 11) is 0. The zero-order valence-electron chi connectivity index (χ0n) is 9.60. The van der Waals surface area contributed by atoms with Crippen LogP contribution in [0.4, 0.5) is 5.69 Å². The number of aromatic nitrogens is 1. The molecule has 0 fully saturated rings. The second-order valence-electron chi connectivity index (χ2n) is 3.52. The van der Waals surface area contributed by atoms with E-state index in [-0.39, 0.29) is 13.2 Å². The lowest BCUT2D eigenvalue weighted by atomic mass is 10.4. The second-order valence-corrected chi connectivity index (χ2v) is 6.06. The van der Waals surface area contributed by atoms with E-state index in [0.717, 1.165) is 16.0 Å². The van der Waals surface area contributed by atoms with Crippen molar-refractivity contribution in [3.8, 4) is 5.88 Å². The number of nitrogens with zero attached hydrogens (tertiary/aromatic N) is 1. The fraction of sp³-hybridized carbons (Fsp3) is 0.250. The summed E-state index contributed by atoms with van der Waals surface area (Å²) in [5, 5.41) is 11.9. The minimum Gasteiger partial charge on any atom is -0.475 e. The van der Waals surface area contributed by atoms with Crippen molar-refractivity contribution >= 4 is 33.0 Å². The molecule has 0 spiro atoms. The number of rotatable bonds is 6. The van der Waals surface area contributed by atoms with Gasteiger partial charge in [0.15, 0.2) is 0 Å². The van der Waals surface area contributed by atoms with Gasteiger partial charge < -0.3 is 15.2 Å². The smallest absolute Gasteiger partial charge is 0.213 e. The molecule has 2 N–H and O–H groups in total. The Hall–Kier alpha value is -1.11. The van der Waals surface area contributed by atoms with Gasteiger partial charge >= 0.3 is 0 Å². The van der Waals surface area contributed by atoms with Gasteiger partial charge in [-0.25, -0.2) is 4.98 Å². The van der Waals surface area contributed by atoms with Gasteiger partial charge in [0.1, 0.15) is 6.61 Å². The Morgan fingerprint density at radius 3 is 2.83 bits per heavy atom. The average molecular weight is 329 g/mol. The van der Waals surface area contributed by atoms with Gasteiger partial charge in [-0.15, -0.1) is 11.3 Å². The number of ether oxygens (including phenoxy) is 1. The summed E-state index contributed by atoms with van der Waals surface area (Å²) >= 11 is 5.14. The third-order valence-corrected chi connectivity index (χ3v) is 3.80. The molecule has 2 aromatic rings. The predicted octanol–water partition coefficient (Wildman–Crippen LogP) is 2.89. The highest BCUT2D eigenvalue weighted by molar-refractivity contribution is 9.11. The van der Waals surface area contributed by atoms with Crippen LogP contribution in [-0.4, -0.2) is 23.3 Å². The molecule has 0 aliphatic heterocycles. The van der Waals surface area contributed by atoms with Gasteiger partial charge in [-0.2, -0.15) is 0 Å². The van der Waals surface area contributed by atoms with Crippen molar-refractivity contribution < 1.29 is 9.84 Å². The molecule has 0 unspecified atom stereocenters. The molecular formula is C12H13BrN2O2S. The molecule has 0 aromatic carbocycles. The fourth-order valence-electron chi connectivity index (χ4n) is 1.36. The number of pyridine rings is 1. The maximum absolute atomic E-state index is 8.63. The van der Waals surface area contributed by atoms with Gasteiger partial charge in [-0.05, 0) is 34.1 Å². The van der Waals surface area contributed by atoms with Crippen LogP contribution in [0.5, 0.6) is 5.88 Å². The minimum atomic E-state index is -0.00502. The molecule has 18 heavy (non-hydrogen) atoms. The molecule has 0 atom stereocenters. The van der Waals surface area contributed by atoms with Gasteiger partial charge in [0, 0.05) is 17.5 Å².